The standard InChI is InChI=1S/C21H26N4O4S/c1-4-24(5-2)30(28,29)18-9-10-19-16(12-18)13-20(25(19)15(3)26)21(27)23-14-17-8-6-7-11-22-17/h6-12,20H,4-5,13-14H2,1-3H3,(H,23,27)/t20-/m0/s1. The van der Waals surface area contributed by atoms with Crippen LogP contribution in [-0.4, -0.2) is 48.7 Å². The topological polar surface area (TPSA) is 99.7 Å². The fourth-order valence-electron chi connectivity index (χ4n) is 3.70. The van der Waals surface area contributed by atoms with Crippen molar-refractivity contribution in [1.29, 1.82) is 0 Å². The van der Waals surface area contributed by atoms with Crippen molar-refractivity contribution in [2.75, 3.05) is 18.0 Å². The summed E-state index contributed by atoms with van der Waals surface area (Å²) in [5.41, 5.74) is 1.94. The largest absolute Gasteiger partial charge is 0.349 e. The van der Waals surface area contributed by atoms with E-state index in [1.165, 1.54) is 22.2 Å². The number of nitrogens with one attached hydrogen (secondary N) is 1. The summed E-state index contributed by atoms with van der Waals surface area (Å²) >= 11 is 0. The smallest absolute Gasteiger partial charge is 0.243 e. The van der Waals surface area contributed by atoms with Crippen molar-refractivity contribution in [1.82, 2.24) is 14.6 Å². The van der Waals surface area contributed by atoms with Crippen LogP contribution in [0.2, 0.25) is 0 Å². The van der Waals surface area contributed by atoms with Crippen molar-refractivity contribution >= 4 is 27.5 Å². The Morgan fingerprint density at radius 1 is 1.20 bits per heavy atom. The van der Waals surface area contributed by atoms with E-state index in [1.54, 1.807) is 44.3 Å². The highest BCUT2D eigenvalue weighted by Gasteiger charge is 2.37. The Morgan fingerprint density at radius 3 is 2.53 bits per heavy atom. The predicted molar refractivity (Wildman–Crippen MR) is 113 cm³/mol. The number of fused-ring (bicyclic) bond motifs is 1. The van der Waals surface area contributed by atoms with Gasteiger partial charge >= 0.3 is 0 Å². The Balaban J connectivity index is 1.85. The average Bonchev–Trinajstić information content (AvgIpc) is 3.12. The molecule has 0 unspecified atom stereocenters. The molecule has 3 rings (SSSR count). The van der Waals surface area contributed by atoms with E-state index in [4.69, 9.17) is 0 Å². The van der Waals surface area contributed by atoms with Crippen LogP contribution in [0.3, 0.4) is 0 Å². The van der Waals surface area contributed by atoms with Crippen LogP contribution in [0.1, 0.15) is 32.0 Å². The van der Waals surface area contributed by atoms with E-state index < -0.39 is 16.1 Å². The number of carbonyl (C=O) groups excluding carboxylic acids is 2. The van der Waals surface area contributed by atoms with Gasteiger partial charge in [-0.2, -0.15) is 4.31 Å². The van der Waals surface area contributed by atoms with Gasteiger partial charge in [0.05, 0.1) is 17.1 Å². The molecule has 0 bridgehead atoms. The Kier molecular flexibility index (Phi) is 6.52. The zero-order chi connectivity index (χ0) is 21.9. The lowest BCUT2D eigenvalue weighted by molar-refractivity contribution is -0.125. The molecule has 1 aromatic heterocycles. The van der Waals surface area contributed by atoms with Crippen LogP contribution in [0.15, 0.2) is 47.5 Å². The number of pyridine rings is 1. The summed E-state index contributed by atoms with van der Waals surface area (Å²) in [5.74, 6) is -0.578. The fraction of sp³-hybridized carbons (Fsp3) is 0.381. The number of sulfonamides is 1. The van der Waals surface area contributed by atoms with E-state index in [2.05, 4.69) is 10.3 Å². The van der Waals surface area contributed by atoms with Crippen LogP contribution >= 0.6 is 0 Å². The van der Waals surface area contributed by atoms with Crippen LogP contribution in [0, 0.1) is 0 Å². The highest BCUT2D eigenvalue weighted by Crippen LogP contribution is 2.34. The lowest BCUT2D eigenvalue weighted by atomic mass is 10.1. The molecule has 1 aliphatic rings. The lowest BCUT2D eigenvalue weighted by Gasteiger charge is -2.23. The van der Waals surface area contributed by atoms with Crippen molar-refractivity contribution in [3.05, 3.63) is 53.9 Å². The van der Waals surface area contributed by atoms with Crippen LogP contribution in [-0.2, 0) is 32.6 Å². The molecular formula is C21H26N4O4S. The molecule has 2 amide bonds. The second-order valence-corrected chi connectivity index (χ2v) is 8.97. The third-order valence-electron chi connectivity index (χ3n) is 5.19. The number of amides is 2. The maximum atomic E-state index is 12.8. The molecular weight excluding hydrogens is 404 g/mol. The summed E-state index contributed by atoms with van der Waals surface area (Å²) < 4.78 is 27.1. The minimum atomic E-state index is -3.62. The first kappa shape index (κ1) is 21.9. The molecule has 1 aromatic carbocycles. The third-order valence-corrected chi connectivity index (χ3v) is 7.24. The number of hydrogen-bond donors (Lipinski definition) is 1. The normalized spacial score (nSPS) is 15.9. The minimum absolute atomic E-state index is 0.169. The van der Waals surface area contributed by atoms with Crippen molar-refractivity contribution < 1.29 is 18.0 Å². The third kappa shape index (κ3) is 4.22. The summed E-state index contributed by atoms with van der Waals surface area (Å²) in [5, 5.41) is 2.82. The van der Waals surface area contributed by atoms with Gasteiger partial charge in [0, 0.05) is 38.3 Å². The van der Waals surface area contributed by atoms with Crippen molar-refractivity contribution in [3.8, 4) is 0 Å². The first-order valence-electron chi connectivity index (χ1n) is 9.90. The van der Waals surface area contributed by atoms with Gasteiger partial charge in [-0.1, -0.05) is 19.9 Å². The van der Waals surface area contributed by atoms with Crippen molar-refractivity contribution in [3.63, 3.8) is 0 Å². The number of aromatic nitrogens is 1. The summed E-state index contributed by atoms with van der Waals surface area (Å²) in [4.78, 5) is 30.9. The van der Waals surface area contributed by atoms with Gasteiger partial charge < -0.3 is 5.32 Å². The molecule has 160 valence electrons. The van der Waals surface area contributed by atoms with Crippen LogP contribution in [0.4, 0.5) is 5.69 Å². The fourth-order valence-corrected chi connectivity index (χ4v) is 5.21. The number of nitrogens with zero attached hydrogens (tertiary/aromatic N) is 3. The van der Waals surface area contributed by atoms with Gasteiger partial charge in [0.25, 0.3) is 0 Å². The zero-order valence-electron chi connectivity index (χ0n) is 17.3. The van der Waals surface area contributed by atoms with E-state index in [-0.39, 0.29) is 29.7 Å². The second kappa shape index (κ2) is 8.93. The van der Waals surface area contributed by atoms with Gasteiger partial charge in [0.15, 0.2) is 0 Å². The first-order chi connectivity index (χ1) is 14.3. The van der Waals surface area contributed by atoms with E-state index in [9.17, 15) is 18.0 Å². The van der Waals surface area contributed by atoms with Crippen molar-refractivity contribution in [2.45, 2.75) is 44.7 Å². The molecule has 1 aliphatic heterocycles. The molecule has 30 heavy (non-hydrogen) atoms. The maximum Gasteiger partial charge on any atom is 0.243 e. The van der Waals surface area contributed by atoms with E-state index >= 15 is 0 Å². The Hall–Kier alpha value is -2.78. The minimum Gasteiger partial charge on any atom is -0.349 e. The molecule has 1 atom stereocenters. The molecule has 8 nitrogen and oxygen atoms in total. The highest BCUT2D eigenvalue weighted by atomic mass is 32.2. The van der Waals surface area contributed by atoms with E-state index in [1.807, 2.05) is 6.07 Å². The Bertz CT molecular complexity index is 1040. The number of benzene rings is 1. The van der Waals surface area contributed by atoms with Gasteiger partial charge in [-0.3, -0.25) is 19.5 Å². The SMILES string of the molecule is CCN(CC)S(=O)(=O)c1ccc2c(c1)C[C@@H](C(=O)NCc1ccccn1)N2C(C)=O. The van der Waals surface area contributed by atoms with Crippen LogP contribution < -0.4 is 10.2 Å². The number of rotatable bonds is 7. The summed E-state index contributed by atoms with van der Waals surface area (Å²) in [6.07, 6.45) is 1.90. The number of hydrogen-bond acceptors (Lipinski definition) is 5. The first-order valence-corrected chi connectivity index (χ1v) is 11.3. The van der Waals surface area contributed by atoms with Gasteiger partial charge in [-0.25, -0.2) is 8.42 Å². The Morgan fingerprint density at radius 2 is 1.93 bits per heavy atom. The van der Waals surface area contributed by atoms with Gasteiger partial charge in [0.2, 0.25) is 21.8 Å². The van der Waals surface area contributed by atoms with Gasteiger partial charge in [-0.05, 0) is 35.9 Å². The van der Waals surface area contributed by atoms with Crippen LogP contribution in [0.25, 0.3) is 0 Å². The molecule has 0 saturated heterocycles. The quantitative estimate of drug-likeness (QED) is 0.721. The lowest BCUT2D eigenvalue weighted by Crippen LogP contribution is -2.47. The maximum absolute atomic E-state index is 12.8. The van der Waals surface area contributed by atoms with Crippen LogP contribution in [0.5, 0.6) is 0 Å². The molecule has 9 heteroatoms. The zero-order valence-corrected chi connectivity index (χ0v) is 18.1. The molecule has 2 aromatic rings. The van der Waals surface area contributed by atoms with E-state index in [0.29, 0.717) is 30.0 Å². The van der Waals surface area contributed by atoms with Gasteiger partial charge in [-0.15, -0.1) is 0 Å². The molecule has 2 heterocycles. The monoisotopic (exact) mass is 430 g/mol. The molecule has 1 N–H and O–H groups in total. The van der Waals surface area contributed by atoms with Crippen molar-refractivity contribution in [2.24, 2.45) is 0 Å². The predicted octanol–water partition coefficient (Wildman–Crippen LogP) is 1.71. The molecule has 0 fully saturated rings. The Labute approximate surface area is 177 Å². The summed E-state index contributed by atoms with van der Waals surface area (Å²) in [6.45, 7) is 5.96. The highest BCUT2D eigenvalue weighted by molar-refractivity contribution is 7.89. The molecule has 0 radical (unpaired) electrons. The summed E-state index contributed by atoms with van der Waals surface area (Å²) in [6, 6.07) is 9.38. The average molecular weight is 431 g/mol. The number of anilines is 1. The molecule has 0 aliphatic carbocycles. The summed E-state index contributed by atoms with van der Waals surface area (Å²) in [7, 11) is -3.62. The number of carbonyl (C=O) groups is 2. The van der Waals surface area contributed by atoms with Gasteiger partial charge in [0.1, 0.15) is 6.04 Å². The molecule has 0 spiro atoms. The van der Waals surface area contributed by atoms with E-state index in [0.717, 1.165) is 0 Å². The molecule has 0 saturated carbocycles. The second-order valence-electron chi connectivity index (χ2n) is 7.03.